The first-order valence-corrected chi connectivity index (χ1v) is 6.99. The van der Waals surface area contributed by atoms with Gasteiger partial charge in [0.2, 0.25) is 0 Å². The summed E-state index contributed by atoms with van der Waals surface area (Å²) in [5.74, 6) is 0.472. The van der Waals surface area contributed by atoms with Gasteiger partial charge in [-0.15, -0.1) is 0 Å². The lowest BCUT2D eigenvalue weighted by atomic mass is 10.2. The number of benzene rings is 1. The van der Waals surface area contributed by atoms with Crippen molar-refractivity contribution in [1.82, 2.24) is 10.6 Å². The van der Waals surface area contributed by atoms with E-state index in [-0.39, 0.29) is 5.91 Å². The second-order valence-electron chi connectivity index (χ2n) is 4.34. The Balaban J connectivity index is 2.45. The molecule has 0 aliphatic rings. The fourth-order valence-electron chi connectivity index (χ4n) is 1.68. The molecule has 0 atom stereocenters. The van der Waals surface area contributed by atoms with Gasteiger partial charge in [0, 0.05) is 20.2 Å². The van der Waals surface area contributed by atoms with Crippen LogP contribution in [0, 0.1) is 0 Å². The van der Waals surface area contributed by atoms with Crippen molar-refractivity contribution in [3.8, 4) is 5.75 Å². The maximum atomic E-state index is 12.1. The second kappa shape index (κ2) is 10.2. The number of para-hydroxylation sites is 1. The van der Waals surface area contributed by atoms with Gasteiger partial charge in [-0.1, -0.05) is 19.1 Å². The van der Waals surface area contributed by atoms with Crippen molar-refractivity contribution in [2.24, 2.45) is 0 Å². The maximum absolute atomic E-state index is 12.1. The van der Waals surface area contributed by atoms with E-state index in [0.717, 1.165) is 19.5 Å². The Labute approximate surface area is 120 Å². The van der Waals surface area contributed by atoms with Crippen LogP contribution in [-0.2, 0) is 4.74 Å². The highest BCUT2D eigenvalue weighted by Gasteiger charge is 2.11. The summed E-state index contributed by atoms with van der Waals surface area (Å²) in [4.78, 5) is 12.1. The second-order valence-corrected chi connectivity index (χ2v) is 4.34. The Morgan fingerprint density at radius 1 is 1.15 bits per heavy atom. The summed E-state index contributed by atoms with van der Waals surface area (Å²) in [6, 6.07) is 7.23. The van der Waals surface area contributed by atoms with Crippen molar-refractivity contribution in [2.45, 2.75) is 13.3 Å². The van der Waals surface area contributed by atoms with Crippen LogP contribution in [0.15, 0.2) is 24.3 Å². The molecule has 0 unspecified atom stereocenters. The summed E-state index contributed by atoms with van der Waals surface area (Å²) in [5.41, 5.74) is 0.555. The number of methoxy groups -OCH3 is 1. The van der Waals surface area contributed by atoms with E-state index >= 15 is 0 Å². The van der Waals surface area contributed by atoms with Crippen molar-refractivity contribution in [3.05, 3.63) is 29.8 Å². The van der Waals surface area contributed by atoms with Gasteiger partial charge in [-0.25, -0.2) is 0 Å². The van der Waals surface area contributed by atoms with Crippen LogP contribution in [0.3, 0.4) is 0 Å². The number of carbonyl (C=O) groups excluding carboxylic acids is 1. The number of carbonyl (C=O) groups is 1. The topological polar surface area (TPSA) is 59.6 Å². The van der Waals surface area contributed by atoms with E-state index in [9.17, 15) is 4.79 Å². The van der Waals surface area contributed by atoms with Gasteiger partial charge < -0.3 is 20.1 Å². The normalized spacial score (nSPS) is 10.3. The van der Waals surface area contributed by atoms with Gasteiger partial charge in [0.25, 0.3) is 5.91 Å². The third kappa shape index (κ3) is 6.04. The molecule has 0 radical (unpaired) electrons. The number of hydrogen-bond acceptors (Lipinski definition) is 4. The smallest absolute Gasteiger partial charge is 0.255 e. The summed E-state index contributed by atoms with van der Waals surface area (Å²) >= 11 is 0. The van der Waals surface area contributed by atoms with Crippen LogP contribution in [-0.4, -0.2) is 45.9 Å². The zero-order valence-corrected chi connectivity index (χ0v) is 12.3. The van der Waals surface area contributed by atoms with Gasteiger partial charge in [-0.3, -0.25) is 4.79 Å². The summed E-state index contributed by atoms with van der Waals surface area (Å²) in [6.45, 7) is 5.37. The van der Waals surface area contributed by atoms with Crippen LogP contribution >= 0.6 is 0 Å². The Morgan fingerprint density at radius 2 is 1.95 bits per heavy atom. The van der Waals surface area contributed by atoms with Gasteiger partial charge in [-0.05, 0) is 25.1 Å². The van der Waals surface area contributed by atoms with E-state index in [1.54, 1.807) is 19.2 Å². The van der Waals surface area contributed by atoms with Gasteiger partial charge in [0.15, 0.2) is 0 Å². The van der Waals surface area contributed by atoms with E-state index < -0.39 is 0 Å². The molecule has 112 valence electrons. The predicted octanol–water partition coefficient (Wildman–Crippen LogP) is 1.44. The van der Waals surface area contributed by atoms with Crippen LogP contribution in [0.25, 0.3) is 0 Å². The Kier molecular flexibility index (Phi) is 8.42. The van der Waals surface area contributed by atoms with Crippen LogP contribution in [0.2, 0.25) is 0 Å². The molecule has 1 amide bonds. The summed E-state index contributed by atoms with van der Waals surface area (Å²) in [5, 5.41) is 6.11. The SMILES string of the molecule is CCCNCCNC(=O)c1ccccc1OCCOC. The van der Waals surface area contributed by atoms with Crippen molar-refractivity contribution in [2.75, 3.05) is 40.0 Å². The molecule has 0 aromatic heterocycles. The third-order valence-corrected chi connectivity index (χ3v) is 2.69. The van der Waals surface area contributed by atoms with Crippen molar-refractivity contribution in [1.29, 1.82) is 0 Å². The zero-order chi connectivity index (χ0) is 14.6. The average molecular weight is 280 g/mol. The number of ether oxygens (including phenoxy) is 2. The average Bonchev–Trinajstić information content (AvgIpc) is 2.47. The Bertz CT molecular complexity index is 396. The number of nitrogens with one attached hydrogen (secondary N) is 2. The molecular weight excluding hydrogens is 256 g/mol. The molecule has 5 heteroatoms. The first kappa shape index (κ1) is 16.5. The molecule has 0 bridgehead atoms. The molecule has 5 nitrogen and oxygen atoms in total. The highest BCUT2D eigenvalue weighted by Crippen LogP contribution is 2.17. The first-order valence-electron chi connectivity index (χ1n) is 6.99. The minimum absolute atomic E-state index is 0.115. The van der Waals surface area contributed by atoms with Crippen LogP contribution < -0.4 is 15.4 Å². The highest BCUT2D eigenvalue weighted by atomic mass is 16.5. The lowest BCUT2D eigenvalue weighted by Crippen LogP contribution is -2.32. The fraction of sp³-hybridized carbons (Fsp3) is 0.533. The van der Waals surface area contributed by atoms with Gasteiger partial charge in [0.05, 0.1) is 12.2 Å². The molecule has 20 heavy (non-hydrogen) atoms. The lowest BCUT2D eigenvalue weighted by Gasteiger charge is -2.11. The molecule has 0 saturated heterocycles. The Hall–Kier alpha value is -1.59. The van der Waals surface area contributed by atoms with E-state index in [2.05, 4.69) is 17.6 Å². The molecule has 1 aromatic carbocycles. The molecular formula is C15H24N2O3. The van der Waals surface area contributed by atoms with Gasteiger partial charge in [0.1, 0.15) is 12.4 Å². The quantitative estimate of drug-likeness (QED) is 0.637. The molecule has 0 aliphatic heterocycles. The molecule has 1 rings (SSSR count). The standard InChI is InChI=1S/C15H24N2O3/c1-3-8-16-9-10-17-15(18)13-6-4-5-7-14(13)20-12-11-19-2/h4-7,16H,3,8-12H2,1-2H3,(H,17,18). The lowest BCUT2D eigenvalue weighted by molar-refractivity contribution is 0.0946. The summed E-state index contributed by atoms with van der Waals surface area (Å²) in [6.07, 6.45) is 1.09. The fourth-order valence-corrected chi connectivity index (χ4v) is 1.68. The van der Waals surface area contributed by atoms with Gasteiger partial charge >= 0.3 is 0 Å². The van der Waals surface area contributed by atoms with Crippen LogP contribution in [0.1, 0.15) is 23.7 Å². The predicted molar refractivity (Wildman–Crippen MR) is 79.3 cm³/mol. The summed E-state index contributed by atoms with van der Waals surface area (Å²) in [7, 11) is 1.62. The largest absolute Gasteiger partial charge is 0.490 e. The molecule has 0 spiro atoms. The Morgan fingerprint density at radius 3 is 2.70 bits per heavy atom. The molecule has 0 saturated carbocycles. The molecule has 0 heterocycles. The van der Waals surface area contributed by atoms with E-state index in [1.165, 1.54) is 0 Å². The van der Waals surface area contributed by atoms with Crippen molar-refractivity contribution >= 4 is 5.91 Å². The summed E-state index contributed by atoms with van der Waals surface area (Å²) < 4.78 is 10.5. The number of hydrogen-bond donors (Lipinski definition) is 2. The number of amides is 1. The van der Waals surface area contributed by atoms with Crippen LogP contribution in [0.4, 0.5) is 0 Å². The monoisotopic (exact) mass is 280 g/mol. The minimum Gasteiger partial charge on any atom is -0.490 e. The number of rotatable bonds is 10. The first-order chi connectivity index (χ1) is 9.79. The third-order valence-electron chi connectivity index (χ3n) is 2.69. The molecule has 2 N–H and O–H groups in total. The molecule has 1 aromatic rings. The molecule has 0 fully saturated rings. The van der Waals surface area contributed by atoms with Gasteiger partial charge in [-0.2, -0.15) is 0 Å². The van der Waals surface area contributed by atoms with E-state index in [1.807, 2.05) is 12.1 Å². The van der Waals surface area contributed by atoms with Crippen LogP contribution in [0.5, 0.6) is 5.75 Å². The van der Waals surface area contributed by atoms with Crippen molar-refractivity contribution in [3.63, 3.8) is 0 Å². The van der Waals surface area contributed by atoms with Crippen molar-refractivity contribution < 1.29 is 14.3 Å². The molecule has 0 aliphatic carbocycles. The minimum atomic E-state index is -0.115. The maximum Gasteiger partial charge on any atom is 0.255 e. The van der Waals surface area contributed by atoms with E-state index in [4.69, 9.17) is 9.47 Å². The zero-order valence-electron chi connectivity index (χ0n) is 12.3. The highest BCUT2D eigenvalue weighted by molar-refractivity contribution is 5.96. The van der Waals surface area contributed by atoms with E-state index in [0.29, 0.717) is 31.1 Å².